The first-order valence-electron chi connectivity index (χ1n) is 7.14. The Bertz CT molecular complexity index is 511. The average molecular weight is 337 g/mol. The zero-order chi connectivity index (χ0) is 14.4. The van der Waals surface area contributed by atoms with E-state index in [2.05, 4.69) is 32.6 Å². The van der Waals surface area contributed by atoms with E-state index in [1.165, 1.54) is 31.3 Å². The minimum absolute atomic E-state index is 0.147. The molecule has 1 aliphatic carbocycles. The van der Waals surface area contributed by atoms with E-state index in [9.17, 15) is 4.79 Å². The number of hydrogen-bond donors (Lipinski definition) is 2. The molecule has 0 saturated heterocycles. The molecule has 2 rings (SSSR count). The zero-order valence-electron chi connectivity index (χ0n) is 11.8. The Morgan fingerprint density at radius 1 is 1.35 bits per heavy atom. The van der Waals surface area contributed by atoms with E-state index < -0.39 is 0 Å². The van der Waals surface area contributed by atoms with Crippen LogP contribution in [0.5, 0.6) is 0 Å². The molecule has 0 heterocycles. The molecule has 20 heavy (non-hydrogen) atoms. The zero-order valence-corrected chi connectivity index (χ0v) is 13.4. The molecule has 1 aromatic carbocycles. The molecule has 0 atom stereocenters. The van der Waals surface area contributed by atoms with Crippen LogP contribution in [-0.4, -0.2) is 12.6 Å². The summed E-state index contributed by atoms with van der Waals surface area (Å²) in [5.74, 6) is 0. The highest BCUT2D eigenvalue weighted by molar-refractivity contribution is 9.10. The van der Waals surface area contributed by atoms with E-state index in [-0.39, 0.29) is 6.03 Å². The number of rotatable bonds is 4. The van der Waals surface area contributed by atoms with Gasteiger partial charge in [-0.3, -0.25) is 0 Å². The SMILES string of the molecule is Cc1ccc(NC(=O)NCCC2=CCCCC2)c(Br)c1. The number of hydrogen-bond acceptors (Lipinski definition) is 1. The Balaban J connectivity index is 1.76. The fraction of sp³-hybridized carbons (Fsp3) is 0.438. The second-order valence-electron chi connectivity index (χ2n) is 5.22. The van der Waals surface area contributed by atoms with Gasteiger partial charge in [-0.1, -0.05) is 17.7 Å². The molecule has 2 amide bonds. The standard InChI is InChI=1S/C16H21BrN2O/c1-12-7-8-15(14(17)11-12)19-16(20)18-10-9-13-5-3-2-4-6-13/h5,7-8,11H,2-4,6,9-10H2,1H3,(H2,18,19,20). The van der Waals surface area contributed by atoms with Gasteiger partial charge in [0.25, 0.3) is 0 Å². The highest BCUT2D eigenvalue weighted by Crippen LogP contribution is 2.23. The third-order valence-electron chi connectivity index (χ3n) is 3.49. The number of anilines is 1. The number of nitrogens with one attached hydrogen (secondary N) is 2. The summed E-state index contributed by atoms with van der Waals surface area (Å²) in [6, 6.07) is 5.73. The lowest BCUT2D eigenvalue weighted by molar-refractivity contribution is 0.252. The minimum atomic E-state index is -0.147. The lowest BCUT2D eigenvalue weighted by atomic mass is 9.97. The summed E-state index contributed by atoms with van der Waals surface area (Å²) in [5, 5.41) is 5.77. The van der Waals surface area contributed by atoms with Crippen molar-refractivity contribution in [3.05, 3.63) is 39.9 Å². The Morgan fingerprint density at radius 3 is 2.90 bits per heavy atom. The highest BCUT2D eigenvalue weighted by Gasteiger charge is 2.07. The molecule has 3 nitrogen and oxygen atoms in total. The number of allylic oxidation sites excluding steroid dienone is 1. The quantitative estimate of drug-likeness (QED) is 0.764. The maximum Gasteiger partial charge on any atom is 0.319 e. The van der Waals surface area contributed by atoms with E-state index in [1.807, 2.05) is 25.1 Å². The molecule has 0 aromatic heterocycles. The van der Waals surface area contributed by atoms with Crippen LogP contribution in [0.1, 0.15) is 37.7 Å². The summed E-state index contributed by atoms with van der Waals surface area (Å²) in [7, 11) is 0. The first-order valence-corrected chi connectivity index (χ1v) is 7.93. The highest BCUT2D eigenvalue weighted by atomic mass is 79.9. The van der Waals surface area contributed by atoms with Crippen molar-refractivity contribution in [1.82, 2.24) is 5.32 Å². The van der Waals surface area contributed by atoms with Crippen LogP contribution < -0.4 is 10.6 Å². The van der Waals surface area contributed by atoms with Gasteiger partial charge in [-0.15, -0.1) is 0 Å². The fourth-order valence-corrected chi connectivity index (χ4v) is 2.95. The molecule has 1 aromatic rings. The molecule has 0 unspecified atom stereocenters. The van der Waals surface area contributed by atoms with Crippen LogP contribution in [0.25, 0.3) is 0 Å². The van der Waals surface area contributed by atoms with E-state index >= 15 is 0 Å². The van der Waals surface area contributed by atoms with Crippen molar-refractivity contribution >= 4 is 27.6 Å². The van der Waals surface area contributed by atoms with Crippen LogP contribution in [-0.2, 0) is 0 Å². The van der Waals surface area contributed by atoms with Gasteiger partial charge in [-0.25, -0.2) is 4.79 Å². The molecule has 0 radical (unpaired) electrons. The summed E-state index contributed by atoms with van der Waals surface area (Å²) >= 11 is 3.45. The van der Waals surface area contributed by atoms with Gasteiger partial charge in [0.05, 0.1) is 5.69 Å². The summed E-state index contributed by atoms with van der Waals surface area (Å²) in [6.45, 7) is 2.72. The Hall–Kier alpha value is -1.29. The van der Waals surface area contributed by atoms with E-state index in [1.54, 1.807) is 0 Å². The Morgan fingerprint density at radius 2 is 2.20 bits per heavy atom. The molecule has 2 N–H and O–H groups in total. The number of halogens is 1. The average Bonchev–Trinajstić information content (AvgIpc) is 2.43. The smallest absolute Gasteiger partial charge is 0.319 e. The van der Waals surface area contributed by atoms with Gasteiger partial charge in [-0.2, -0.15) is 0 Å². The molecular weight excluding hydrogens is 316 g/mol. The van der Waals surface area contributed by atoms with Gasteiger partial charge in [-0.05, 0) is 72.7 Å². The number of carbonyl (C=O) groups is 1. The van der Waals surface area contributed by atoms with E-state index in [4.69, 9.17) is 0 Å². The fourth-order valence-electron chi connectivity index (χ4n) is 2.36. The Labute approximate surface area is 129 Å². The lowest BCUT2D eigenvalue weighted by Crippen LogP contribution is -2.29. The van der Waals surface area contributed by atoms with Crippen LogP contribution in [0.2, 0.25) is 0 Å². The van der Waals surface area contributed by atoms with Gasteiger partial charge in [0.15, 0.2) is 0 Å². The van der Waals surface area contributed by atoms with Gasteiger partial charge in [0.2, 0.25) is 0 Å². The van der Waals surface area contributed by atoms with Crippen molar-refractivity contribution in [2.75, 3.05) is 11.9 Å². The monoisotopic (exact) mass is 336 g/mol. The molecule has 0 bridgehead atoms. The second-order valence-corrected chi connectivity index (χ2v) is 6.08. The molecule has 0 aliphatic heterocycles. The summed E-state index contributed by atoms with van der Waals surface area (Å²) in [4.78, 5) is 11.8. The number of amides is 2. The van der Waals surface area contributed by atoms with Crippen molar-refractivity contribution in [2.24, 2.45) is 0 Å². The number of benzene rings is 1. The first kappa shape index (κ1) is 15.1. The van der Waals surface area contributed by atoms with Crippen LogP contribution in [0.15, 0.2) is 34.3 Å². The van der Waals surface area contributed by atoms with Gasteiger partial charge >= 0.3 is 6.03 Å². The number of urea groups is 1. The van der Waals surface area contributed by atoms with Crippen molar-refractivity contribution in [3.8, 4) is 0 Å². The molecule has 1 aliphatic rings. The first-order chi connectivity index (χ1) is 9.65. The second kappa shape index (κ2) is 7.48. The topological polar surface area (TPSA) is 41.1 Å². The summed E-state index contributed by atoms with van der Waals surface area (Å²) < 4.78 is 0.905. The molecule has 4 heteroatoms. The molecule has 0 spiro atoms. The molecule has 0 saturated carbocycles. The lowest BCUT2D eigenvalue weighted by Gasteiger charge is -2.13. The van der Waals surface area contributed by atoms with Crippen LogP contribution in [0, 0.1) is 6.92 Å². The number of carbonyl (C=O) groups excluding carboxylic acids is 1. The Kier molecular flexibility index (Phi) is 5.65. The maximum atomic E-state index is 11.8. The van der Waals surface area contributed by atoms with Crippen LogP contribution in [0.3, 0.4) is 0 Å². The maximum absolute atomic E-state index is 11.8. The summed E-state index contributed by atoms with van der Waals surface area (Å²) in [6.07, 6.45) is 8.25. The van der Waals surface area contributed by atoms with Gasteiger partial charge in [0.1, 0.15) is 0 Å². The molecule has 0 fully saturated rings. The molecule has 108 valence electrons. The largest absolute Gasteiger partial charge is 0.338 e. The van der Waals surface area contributed by atoms with Crippen molar-refractivity contribution in [1.29, 1.82) is 0 Å². The van der Waals surface area contributed by atoms with Gasteiger partial charge in [0, 0.05) is 11.0 Å². The van der Waals surface area contributed by atoms with Crippen molar-refractivity contribution < 1.29 is 4.79 Å². The molecular formula is C16H21BrN2O. The third-order valence-corrected chi connectivity index (χ3v) is 4.15. The predicted octanol–water partition coefficient (Wildman–Crippen LogP) is 4.77. The summed E-state index contributed by atoms with van der Waals surface area (Å²) in [5.41, 5.74) is 3.44. The number of aryl methyl sites for hydroxylation is 1. The van der Waals surface area contributed by atoms with Crippen LogP contribution >= 0.6 is 15.9 Å². The van der Waals surface area contributed by atoms with E-state index in [0.29, 0.717) is 6.54 Å². The van der Waals surface area contributed by atoms with Crippen LogP contribution in [0.4, 0.5) is 10.5 Å². The third kappa shape index (κ3) is 4.67. The van der Waals surface area contributed by atoms with Gasteiger partial charge < -0.3 is 10.6 Å². The normalized spacial score (nSPS) is 14.6. The van der Waals surface area contributed by atoms with E-state index in [0.717, 1.165) is 22.1 Å². The van der Waals surface area contributed by atoms with Crippen molar-refractivity contribution in [2.45, 2.75) is 39.0 Å². The predicted molar refractivity (Wildman–Crippen MR) is 87.1 cm³/mol. The minimum Gasteiger partial charge on any atom is -0.338 e. The van der Waals surface area contributed by atoms with Crippen molar-refractivity contribution in [3.63, 3.8) is 0 Å².